The van der Waals surface area contributed by atoms with E-state index in [4.69, 9.17) is 14.6 Å². The summed E-state index contributed by atoms with van der Waals surface area (Å²) in [6.45, 7) is 9.88. The molecule has 6 heterocycles. The lowest BCUT2D eigenvalue weighted by molar-refractivity contribution is 0.149. The number of ether oxygens (including phenoxy) is 2. The van der Waals surface area contributed by atoms with Crippen molar-refractivity contribution in [3.63, 3.8) is 0 Å². The minimum Gasteiger partial charge on any atom is -0.451 e. The van der Waals surface area contributed by atoms with Crippen LogP contribution in [0.4, 0.5) is 20.5 Å². The Morgan fingerprint density at radius 3 is 2.76 bits per heavy atom. The van der Waals surface area contributed by atoms with Crippen LogP contribution in [0.25, 0.3) is 16.7 Å². The second kappa shape index (κ2) is 10.9. The highest BCUT2D eigenvalue weighted by atomic mass is 19.3. The Kier molecular flexibility index (Phi) is 7.27. The number of nitrogens with one attached hydrogen (secondary N) is 1. The number of pyridine rings is 1. The van der Waals surface area contributed by atoms with Gasteiger partial charge >= 0.3 is 0 Å². The summed E-state index contributed by atoms with van der Waals surface area (Å²) in [5.41, 5.74) is 1.48. The van der Waals surface area contributed by atoms with Gasteiger partial charge in [0.15, 0.2) is 23.0 Å². The highest BCUT2D eigenvalue weighted by molar-refractivity contribution is 5.82. The molecule has 222 valence electrons. The minimum absolute atomic E-state index is 0.0793. The summed E-state index contributed by atoms with van der Waals surface area (Å²) >= 11 is 0. The number of methoxy groups -OCH3 is 1. The van der Waals surface area contributed by atoms with Gasteiger partial charge in [0.2, 0.25) is 5.95 Å². The number of nitrogens with zero attached hydrogens (tertiary/aromatic N) is 9. The number of alkyl halides is 2. The maximum Gasteiger partial charge on any atom is 0.269 e. The molecule has 0 aliphatic carbocycles. The molecule has 5 aromatic rings. The number of anilines is 2. The lowest BCUT2D eigenvalue weighted by atomic mass is 9.91. The minimum atomic E-state index is -2.84. The molecule has 0 spiro atoms. The van der Waals surface area contributed by atoms with Crippen molar-refractivity contribution < 1.29 is 18.3 Å². The zero-order chi connectivity index (χ0) is 29.6. The monoisotopic (exact) mass is 580 g/mol. The number of likely N-dealkylation sites (tertiary alicyclic amines) is 1. The number of aromatic nitrogens is 8. The molecule has 0 saturated carbocycles. The maximum atomic E-state index is 14.6. The van der Waals surface area contributed by atoms with Crippen LogP contribution in [0.5, 0.6) is 11.5 Å². The van der Waals surface area contributed by atoms with Gasteiger partial charge in [-0.25, -0.2) is 18.3 Å². The lowest BCUT2D eigenvalue weighted by Crippen LogP contribution is -2.27. The van der Waals surface area contributed by atoms with E-state index < -0.39 is 6.43 Å². The first-order valence-electron chi connectivity index (χ1n) is 13.8. The molecule has 0 amide bonds. The molecule has 14 heteroatoms. The second-order valence-corrected chi connectivity index (χ2v) is 11.5. The molecule has 0 radical (unpaired) electrons. The first-order chi connectivity index (χ1) is 20.1. The first-order valence-corrected chi connectivity index (χ1v) is 13.8. The van der Waals surface area contributed by atoms with Crippen molar-refractivity contribution in [2.24, 2.45) is 7.05 Å². The molecule has 0 bridgehead atoms. The summed E-state index contributed by atoms with van der Waals surface area (Å²) in [5.74, 6) is 1.14. The van der Waals surface area contributed by atoms with Gasteiger partial charge < -0.3 is 19.4 Å². The largest absolute Gasteiger partial charge is 0.451 e. The van der Waals surface area contributed by atoms with Crippen molar-refractivity contribution in [1.29, 1.82) is 0 Å². The molecular weight excluding hydrogens is 546 g/mol. The number of imidazole rings is 1. The molecule has 0 aromatic carbocycles. The Balaban J connectivity index is 1.33. The van der Waals surface area contributed by atoms with Gasteiger partial charge in [-0.15, -0.1) is 0 Å². The van der Waals surface area contributed by atoms with Gasteiger partial charge in [0.05, 0.1) is 36.8 Å². The predicted molar refractivity (Wildman–Crippen MR) is 153 cm³/mol. The van der Waals surface area contributed by atoms with Crippen molar-refractivity contribution in [2.45, 2.75) is 45.1 Å². The van der Waals surface area contributed by atoms with E-state index in [1.54, 1.807) is 41.8 Å². The quantitative estimate of drug-likeness (QED) is 0.261. The van der Waals surface area contributed by atoms with Gasteiger partial charge in [0, 0.05) is 63.4 Å². The van der Waals surface area contributed by atoms with Crippen LogP contribution >= 0.6 is 0 Å². The smallest absolute Gasteiger partial charge is 0.269 e. The number of rotatable bonds is 9. The van der Waals surface area contributed by atoms with E-state index in [0.717, 1.165) is 31.7 Å². The predicted octanol–water partition coefficient (Wildman–Crippen LogP) is 4.87. The Hall–Kier alpha value is -4.17. The summed E-state index contributed by atoms with van der Waals surface area (Å²) in [6, 6.07) is 2.22. The molecule has 1 aliphatic rings. The van der Waals surface area contributed by atoms with E-state index >= 15 is 0 Å². The third kappa shape index (κ3) is 5.15. The number of halogens is 2. The number of hydrogen-bond acceptors (Lipinski definition) is 9. The molecule has 1 N–H and O–H groups in total. The lowest BCUT2D eigenvalue weighted by Gasteiger charge is -2.23. The zero-order valence-electron chi connectivity index (χ0n) is 24.3. The summed E-state index contributed by atoms with van der Waals surface area (Å²) < 4.78 is 45.5. The molecule has 1 atom stereocenters. The van der Waals surface area contributed by atoms with Gasteiger partial charge in [-0.2, -0.15) is 15.2 Å². The fourth-order valence-electron chi connectivity index (χ4n) is 5.44. The fraction of sp³-hybridized carbons (Fsp3) is 0.464. The molecule has 6 rings (SSSR count). The van der Waals surface area contributed by atoms with Gasteiger partial charge in [-0.3, -0.25) is 14.6 Å². The number of aryl methyl sites for hydroxylation is 1. The molecule has 1 aliphatic heterocycles. The summed E-state index contributed by atoms with van der Waals surface area (Å²) in [6.07, 6.45) is 5.63. The SMILES string of the molecule is COCCN1CC[C@H](n2nc(Nc3nc4ncc(Oc5cnn6ccncc56)c(C(F)F)c4n3C)cc2C(C)(C)C)C1. The fourth-order valence-corrected chi connectivity index (χ4v) is 5.44. The third-order valence-corrected chi connectivity index (χ3v) is 7.58. The molecule has 5 aromatic heterocycles. The standard InChI is InChI=1S/C28H34F2N10O2/c1-28(2,3)21-12-22(36-40(21)17-6-8-38(16-17)10-11-41-5)34-27-35-26-24(37(27)4)23(25(29)30)20(14-32-26)42-19-15-33-39-9-7-31-13-18(19)39/h7,9,12-15,17,25H,6,8,10-11,16H2,1-5H3,(H,32,34,35,36)/t17-/m0/s1. The Morgan fingerprint density at radius 1 is 1.17 bits per heavy atom. The van der Waals surface area contributed by atoms with Crippen LogP contribution in [0.1, 0.15) is 50.9 Å². The van der Waals surface area contributed by atoms with E-state index in [1.165, 1.54) is 12.4 Å². The Bertz CT molecular complexity index is 1720. The van der Waals surface area contributed by atoms with E-state index in [0.29, 0.717) is 29.6 Å². The molecule has 12 nitrogen and oxygen atoms in total. The average Bonchev–Trinajstić information content (AvgIpc) is 3.74. The summed E-state index contributed by atoms with van der Waals surface area (Å²) in [5, 5.41) is 12.4. The van der Waals surface area contributed by atoms with Crippen molar-refractivity contribution in [3.8, 4) is 11.5 Å². The van der Waals surface area contributed by atoms with Crippen LogP contribution in [0.2, 0.25) is 0 Å². The van der Waals surface area contributed by atoms with Crippen molar-refractivity contribution in [3.05, 3.63) is 48.3 Å². The first kappa shape index (κ1) is 28.0. The third-order valence-electron chi connectivity index (χ3n) is 7.58. The van der Waals surface area contributed by atoms with Crippen molar-refractivity contribution >= 4 is 28.4 Å². The molecular formula is C28H34F2N10O2. The highest BCUT2D eigenvalue weighted by Gasteiger charge is 2.31. The maximum absolute atomic E-state index is 14.6. The van der Waals surface area contributed by atoms with E-state index in [2.05, 4.69) is 55.7 Å². The molecule has 1 fully saturated rings. The Morgan fingerprint density at radius 2 is 2.00 bits per heavy atom. The van der Waals surface area contributed by atoms with E-state index in [1.807, 2.05) is 6.07 Å². The van der Waals surface area contributed by atoms with Crippen LogP contribution in [0.15, 0.2) is 37.1 Å². The van der Waals surface area contributed by atoms with Crippen LogP contribution < -0.4 is 10.1 Å². The number of fused-ring (bicyclic) bond motifs is 2. The number of hydrogen-bond donors (Lipinski definition) is 1. The zero-order valence-corrected chi connectivity index (χ0v) is 24.3. The van der Waals surface area contributed by atoms with E-state index in [-0.39, 0.29) is 33.9 Å². The van der Waals surface area contributed by atoms with Gasteiger partial charge in [-0.05, 0) is 6.42 Å². The van der Waals surface area contributed by atoms with Crippen LogP contribution in [-0.4, -0.2) is 77.2 Å². The van der Waals surface area contributed by atoms with Gasteiger partial charge in [0.1, 0.15) is 11.0 Å². The van der Waals surface area contributed by atoms with Gasteiger partial charge in [0.25, 0.3) is 6.43 Å². The molecule has 0 unspecified atom stereocenters. The molecule has 1 saturated heterocycles. The van der Waals surface area contributed by atoms with Crippen molar-refractivity contribution in [1.82, 2.24) is 43.8 Å². The molecule has 42 heavy (non-hydrogen) atoms. The van der Waals surface area contributed by atoms with Crippen LogP contribution in [0.3, 0.4) is 0 Å². The van der Waals surface area contributed by atoms with Crippen molar-refractivity contribution in [2.75, 3.05) is 38.7 Å². The van der Waals surface area contributed by atoms with Gasteiger partial charge in [-0.1, -0.05) is 20.8 Å². The normalized spacial score (nSPS) is 16.3. The second-order valence-electron chi connectivity index (χ2n) is 11.5. The van der Waals surface area contributed by atoms with E-state index in [9.17, 15) is 8.78 Å². The topological polar surface area (TPSA) is 112 Å². The Labute approximate surface area is 241 Å². The van der Waals surface area contributed by atoms with Crippen LogP contribution in [-0.2, 0) is 17.2 Å². The summed E-state index contributed by atoms with van der Waals surface area (Å²) in [7, 11) is 3.38. The average molecular weight is 581 g/mol. The highest BCUT2D eigenvalue weighted by Crippen LogP contribution is 2.39. The van der Waals surface area contributed by atoms with Crippen LogP contribution in [0, 0.1) is 0 Å². The summed E-state index contributed by atoms with van der Waals surface area (Å²) in [4.78, 5) is 15.3.